The molecule has 0 spiro atoms. The zero-order valence-electron chi connectivity index (χ0n) is 11.3. The second kappa shape index (κ2) is 6.71. The summed E-state index contributed by atoms with van der Waals surface area (Å²) in [5.41, 5.74) is 0. The fraction of sp³-hybridized carbons (Fsp3) is 0.500. The van der Waals surface area contributed by atoms with Gasteiger partial charge in [0.1, 0.15) is 0 Å². The van der Waals surface area contributed by atoms with Gasteiger partial charge in [-0.2, -0.15) is 4.31 Å². The molecule has 1 aliphatic rings. The molecule has 0 amide bonds. The van der Waals surface area contributed by atoms with E-state index in [1.165, 1.54) is 23.5 Å². The zero-order valence-corrected chi connectivity index (χ0v) is 12.9. The zero-order chi connectivity index (χ0) is 14.0. The number of rotatable bonds is 4. The standard InChI is InChI=1S/C12H17FN2O3S.ClH/c1-14-9-5-6-15(8-9)19(16,17)10-3-4-12(18-2)11(13)7-10;/h3-4,7,9,14H,5-6,8H2,1-2H3;1H. The Morgan fingerprint density at radius 3 is 2.65 bits per heavy atom. The number of likely N-dealkylation sites (N-methyl/N-ethyl adjacent to an activating group) is 1. The SMILES string of the molecule is CNC1CCN(S(=O)(=O)c2ccc(OC)c(F)c2)C1.Cl. The molecular formula is C12H18ClFN2O3S. The normalized spacial score (nSPS) is 19.6. The molecule has 0 aromatic heterocycles. The third kappa shape index (κ3) is 3.22. The molecule has 1 fully saturated rings. The molecule has 1 atom stereocenters. The van der Waals surface area contributed by atoms with Crippen LogP contribution in [0.1, 0.15) is 6.42 Å². The first kappa shape index (κ1) is 17.2. The van der Waals surface area contributed by atoms with Crippen molar-refractivity contribution in [2.45, 2.75) is 17.4 Å². The maximum absolute atomic E-state index is 13.6. The Bertz CT molecular complexity index is 568. The number of ether oxygens (including phenoxy) is 1. The lowest BCUT2D eigenvalue weighted by atomic mass is 10.3. The number of nitrogens with zero attached hydrogens (tertiary/aromatic N) is 1. The Labute approximate surface area is 124 Å². The third-order valence-corrected chi connectivity index (χ3v) is 5.18. The van der Waals surface area contributed by atoms with Crippen LogP contribution < -0.4 is 10.1 Å². The monoisotopic (exact) mass is 324 g/mol. The molecule has 1 aromatic carbocycles. The van der Waals surface area contributed by atoms with Crippen molar-refractivity contribution in [3.8, 4) is 5.75 Å². The van der Waals surface area contributed by atoms with Crippen LogP contribution in [0.4, 0.5) is 4.39 Å². The Kier molecular flexibility index (Phi) is 5.76. The average Bonchev–Trinajstić information content (AvgIpc) is 2.88. The molecule has 1 aromatic rings. The second-order valence-corrected chi connectivity index (χ2v) is 6.37. The summed E-state index contributed by atoms with van der Waals surface area (Å²) in [5, 5.41) is 3.05. The van der Waals surface area contributed by atoms with Gasteiger partial charge in [0.2, 0.25) is 10.0 Å². The summed E-state index contributed by atoms with van der Waals surface area (Å²) in [7, 11) is -0.494. The van der Waals surface area contributed by atoms with Gasteiger partial charge in [-0.05, 0) is 31.7 Å². The Hall–Kier alpha value is -0.890. The van der Waals surface area contributed by atoms with Crippen LogP contribution in [0.25, 0.3) is 0 Å². The van der Waals surface area contributed by atoms with Crippen LogP contribution in [0.15, 0.2) is 23.1 Å². The van der Waals surface area contributed by atoms with E-state index in [0.717, 1.165) is 12.5 Å². The molecule has 0 saturated carbocycles. The highest BCUT2D eigenvalue weighted by atomic mass is 35.5. The minimum Gasteiger partial charge on any atom is -0.494 e. The highest BCUT2D eigenvalue weighted by molar-refractivity contribution is 7.89. The minimum absolute atomic E-state index is 0. The van der Waals surface area contributed by atoms with Crippen molar-refractivity contribution in [2.24, 2.45) is 0 Å². The summed E-state index contributed by atoms with van der Waals surface area (Å²) in [5.74, 6) is -0.638. The lowest BCUT2D eigenvalue weighted by molar-refractivity contribution is 0.385. The Morgan fingerprint density at radius 2 is 2.15 bits per heavy atom. The van der Waals surface area contributed by atoms with Crippen LogP contribution >= 0.6 is 12.4 Å². The minimum atomic E-state index is -3.63. The lowest BCUT2D eigenvalue weighted by Gasteiger charge is -2.17. The van der Waals surface area contributed by atoms with Gasteiger partial charge in [0.15, 0.2) is 11.6 Å². The summed E-state index contributed by atoms with van der Waals surface area (Å²) in [6, 6.07) is 3.84. The van der Waals surface area contributed by atoms with Crippen LogP contribution in [0.3, 0.4) is 0 Å². The summed E-state index contributed by atoms with van der Waals surface area (Å²) in [6.45, 7) is 0.855. The predicted octanol–water partition coefficient (Wildman–Crippen LogP) is 1.24. The van der Waals surface area contributed by atoms with Crippen LogP contribution in [0.2, 0.25) is 0 Å². The molecule has 1 unspecified atom stereocenters. The largest absolute Gasteiger partial charge is 0.494 e. The number of hydrogen-bond acceptors (Lipinski definition) is 4. The molecular weight excluding hydrogens is 307 g/mol. The molecule has 8 heteroatoms. The van der Waals surface area contributed by atoms with Gasteiger partial charge in [0.05, 0.1) is 12.0 Å². The maximum Gasteiger partial charge on any atom is 0.243 e. The van der Waals surface area contributed by atoms with Gasteiger partial charge in [-0.3, -0.25) is 0 Å². The van der Waals surface area contributed by atoms with E-state index in [-0.39, 0.29) is 29.1 Å². The molecule has 20 heavy (non-hydrogen) atoms. The summed E-state index contributed by atoms with van der Waals surface area (Å²) >= 11 is 0. The quantitative estimate of drug-likeness (QED) is 0.905. The number of benzene rings is 1. The molecule has 0 bridgehead atoms. The van der Waals surface area contributed by atoms with Gasteiger partial charge in [-0.25, -0.2) is 12.8 Å². The van der Waals surface area contributed by atoms with Gasteiger partial charge < -0.3 is 10.1 Å². The van der Waals surface area contributed by atoms with Gasteiger partial charge in [0.25, 0.3) is 0 Å². The molecule has 2 rings (SSSR count). The average molecular weight is 325 g/mol. The van der Waals surface area contributed by atoms with E-state index in [1.54, 1.807) is 7.05 Å². The van der Waals surface area contributed by atoms with Gasteiger partial charge in [-0.15, -0.1) is 12.4 Å². The van der Waals surface area contributed by atoms with Crippen LogP contribution in [-0.2, 0) is 10.0 Å². The van der Waals surface area contributed by atoms with E-state index < -0.39 is 15.8 Å². The Balaban J connectivity index is 0.00000200. The number of sulfonamides is 1. The van der Waals surface area contributed by atoms with Crippen LogP contribution in [0.5, 0.6) is 5.75 Å². The van der Waals surface area contributed by atoms with E-state index in [9.17, 15) is 12.8 Å². The summed E-state index contributed by atoms with van der Waals surface area (Å²) in [6.07, 6.45) is 0.758. The van der Waals surface area contributed by atoms with Gasteiger partial charge in [0, 0.05) is 19.1 Å². The van der Waals surface area contributed by atoms with E-state index in [2.05, 4.69) is 5.32 Å². The first-order valence-corrected chi connectivity index (χ1v) is 7.44. The first-order valence-electron chi connectivity index (χ1n) is 6.00. The topological polar surface area (TPSA) is 58.6 Å². The highest BCUT2D eigenvalue weighted by Gasteiger charge is 2.32. The van der Waals surface area contributed by atoms with E-state index in [1.807, 2.05) is 0 Å². The van der Waals surface area contributed by atoms with Gasteiger partial charge >= 0.3 is 0 Å². The molecule has 114 valence electrons. The lowest BCUT2D eigenvalue weighted by Crippen LogP contribution is -2.33. The van der Waals surface area contributed by atoms with E-state index in [4.69, 9.17) is 4.74 Å². The van der Waals surface area contributed by atoms with Crippen molar-refractivity contribution in [1.29, 1.82) is 0 Å². The van der Waals surface area contributed by atoms with Crippen molar-refractivity contribution in [3.63, 3.8) is 0 Å². The Morgan fingerprint density at radius 1 is 1.45 bits per heavy atom. The fourth-order valence-electron chi connectivity index (χ4n) is 2.14. The molecule has 0 aliphatic carbocycles. The molecule has 1 saturated heterocycles. The van der Waals surface area contributed by atoms with Crippen LogP contribution in [-0.4, -0.2) is 46.0 Å². The number of halogens is 2. The molecule has 0 radical (unpaired) electrons. The van der Waals surface area contributed by atoms with Crippen molar-refractivity contribution >= 4 is 22.4 Å². The molecule has 5 nitrogen and oxygen atoms in total. The smallest absolute Gasteiger partial charge is 0.243 e. The van der Waals surface area contributed by atoms with Crippen molar-refractivity contribution in [2.75, 3.05) is 27.2 Å². The van der Waals surface area contributed by atoms with Crippen molar-refractivity contribution < 1.29 is 17.5 Å². The number of methoxy groups -OCH3 is 1. The predicted molar refractivity (Wildman–Crippen MR) is 76.4 cm³/mol. The summed E-state index contributed by atoms with van der Waals surface area (Å²) in [4.78, 5) is -0.0393. The second-order valence-electron chi connectivity index (χ2n) is 4.43. The van der Waals surface area contributed by atoms with Crippen LogP contribution in [0, 0.1) is 5.82 Å². The highest BCUT2D eigenvalue weighted by Crippen LogP contribution is 2.25. The molecule has 1 N–H and O–H groups in total. The molecule has 1 heterocycles. The van der Waals surface area contributed by atoms with Gasteiger partial charge in [-0.1, -0.05) is 0 Å². The maximum atomic E-state index is 13.6. The van der Waals surface area contributed by atoms with Crippen molar-refractivity contribution in [3.05, 3.63) is 24.0 Å². The van der Waals surface area contributed by atoms with E-state index >= 15 is 0 Å². The molecule has 1 aliphatic heterocycles. The van der Waals surface area contributed by atoms with Crippen molar-refractivity contribution in [1.82, 2.24) is 9.62 Å². The van der Waals surface area contributed by atoms with E-state index in [0.29, 0.717) is 13.1 Å². The number of hydrogen-bond donors (Lipinski definition) is 1. The number of nitrogens with one attached hydrogen (secondary N) is 1. The summed E-state index contributed by atoms with van der Waals surface area (Å²) < 4.78 is 44.4. The third-order valence-electron chi connectivity index (χ3n) is 3.32. The fourth-order valence-corrected chi connectivity index (χ4v) is 3.65. The first-order chi connectivity index (χ1) is 8.98.